The van der Waals surface area contributed by atoms with E-state index < -0.39 is 5.97 Å². The first-order chi connectivity index (χ1) is 10.1. The molecule has 1 amide bonds. The maximum absolute atomic E-state index is 12.2. The van der Waals surface area contributed by atoms with E-state index in [9.17, 15) is 9.59 Å². The Hall–Kier alpha value is -2.56. The molecule has 5 nitrogen and oxygen atoms in total. The molecule has 1 heterocycles. The first-order valence-corrected chi connectivity index (χ1v) is 6.69. The third-order valence-corrected chi connectivity index (χ3v) is 3.26. The van der Waals surface area contributed by atoms with Crippen molar-refractivity contribution in [3.05, 3.63) is 59.5 Å². The number of aryl methyl sites for hydroxylation is 1. The number of amides is 1. The van der Waals surface area contributed by atoms with Crippen LogP contribution in [0.2, 0.25) is 0 Å². The van der Waals surface area contributed by atoms with Gasteiger partial charge >= 0.3 is 5.97 Å². The van der Waals surface area contributed by atoms with Gasteiger partial charge in [-0.3, -0.25) is 9.59 Å². The highest BCUT2D eigenvalue weighted by Gasteiger charge is 2.19. The summed E-state index contributed by atoms with van der Waals surface area (Å²) in [5.41, 5.74) is 1.35. The molecule has 2 N–H and O–H groups in total. The summed E-state index contributed by atoms with van der Waals surface area (Å²) in [5, 5.41) is 11.7. The van der Waals surface area contributed by atoms with E-state index in [2.05, 4.69) is 5.32 Å². The Labute approximate surface area is 122 Å². The minimum Gasteiger partial charge on any atom is -0.481 e. The summed E-state index contributed by atoms with van der Waals surface area (Å²) in [7, 11) is 0. The van der Waals surface area contributed by atoms with Gasteiger partial charge in [0.15, 0.2) is 0 Å². The van der Waals surface area contributed by atoms with Crippen LogP contribution in [0.1, 0.15) is 40.6 Å². The van der Waals surface area contributed by atoms with Crippen LogP contribution >= 0.6 is 0 Å². The molecule has 0 saturated heterocycles. The molecule has 110 valence electrons. The lowest BCUT2D eigenvalue weighted by atomic mass is 10.0. The average molecular weight is 287 g/mol. The second-order valence-corrected chi connectivity index (χ2v) is 4.76. The van der Waals surface area contributed by atoms with Crippen molar-refractivity contribution in [3.63, 3.8) is 0 Å². The number of nitrogens with one attached hydrogen (secondary N) is 1. The molecule has 0 aliphatic carbocycles. The van der Waals surface area contributed by atoms with E-state index in [0.29, 0.717) is 17.7 Å². The maximum Gasteiger partial charge on any atom is 0.303 e. The maximum atomic E-state index is 12.2. The van der Waals surface area contributed by atoms with Gasteiger partial charge in [0.25, 0.3) is 5.91 Å². The van der Waals surface area contributed by atoms with Crippen molar-refractivity contribution >= 4 is 11.9 Å². The Kier molecular flexibility index (Phi) is 4.77. The van der Waals surface area contributed by atoms with E-state index in [0.717, 1.165) is 5.56 Å². The van der Waals surface area contributed by atoms with Gasteiger partial charge in [-0.2, -0.15) is 0 Å². The van der Waals surface area contributed by atoms with Crippen LogP contribution in [-0.2, 0) is 4.79 Å². The SMILES string of the molecule is Cc1occc1C(=O)NC(CCC(=O)O)c1ccccc1. The van der Waals surface area contributed by atoms with Gasteiger partial charge in [0.1, 0.15) is 5.76 Å². The number of aliphatic carboxylic acids is 1. The van der Waals surface area contributed by atoms with Crippen molar-refractivity contribution in [1.29, 1.82) is 0 Å². The van der Waals surface area contributed by atoms with Gasteiger partial charge in [-0.25, -0.2) is 0 Å². The molecule has 0 aliphatic heterocycles. The summed E-state index contributed by atoms with van der Waals surface area (Å²) in [6, 6.07) is 10.6. The van der Waals surface area contributed by atoms with E-state index in [-0.39, 0.29) is 18.4 Å². The summed E-state index contributed by atoms with van der Waals surface area (Å²) < 4.78 is 5.12. The molecule has 0 aliphatic rings. The lowest BCUT2D eigenvalue weighted by molar-refractivity contribution is -0.137. The van der Waals surface area contributed by atoms with Crippen LogP contribution in [-0.4, -0.2) is 17.0 Å². The largest absolute Gasteiger partial charge is 0.481 e. The van der Waals surface area contributed by atoms with Crippen LogP contribution in [0.4, 0.5) is 0 Å². The number of carboxylic acids is 1. The van der Waals surface area contributed by atoms with Crippen LogP contribution < -0.4 is 5.32 Å². The fourth-order valence-corrected chi connectivity index (χ4v) is 2.13. The first-order valence-electron chi connectivity index (χ1n) is 6.69. The monoisotopic (exact) mass is 287 g/mol. The van der Waals surface area contributed by atoms with E-state index in [1.807, 2.05) is 30.3 Å². The predicted octanol–water partition coefficient (Wildman–Crippen LogP) is 2.92. The van der Waals surface area contributed by atoms with Gasteiger partial charge in [-0.05, 0) is 25.0 Å². The lowest BCUT2D eigenvalue weighted by Crippen LogP contribution is -2.29. The van der Waals surface area contributed by atoms with Crippen LogP contribution in [0.15, 0.2) is 47.1 Å². The Balaban J connectivity index is 2.14. The molecular weight excluding hydrogens is 270 g/mol. The number of carbonyl (C=O) groups excluding carboxylic acids is 1. The molecule has 1 atom stereocenters. The van der Waals surface area contributed by atoms with Gasteiger partial charge in [0.05, 0.1) is 17.9 Å². The van der Waals surface area contributed by atoms with Gasteiger partial charge in [-0.1, -0.05) is 30.3 Å². The smallest absolute Gasteiger partial charge is 0.303 e. The Morgan fingerprint density at radius 2 is 1.95 bits per heavy atom. The molecule has 21 heavy (non-hydrogen) atoms. The summed E-state index contributed by atoms with van der Waals surface area (Å²) in [4.78, 5) is 23.0. The second-order valence-electron chi connectivity index (χ2n) is 4.76. The normalized spacial score (nSPS) is 11.9. The fraction of sp³-hybridized carbons (Fsp3) is 0.250. The number of hydrogen-bond donors (Lipinski definition) is 2. The number of carbonyl (C=O) groups is 2. The average Bonchev–Trinajstić information content (AvgIpc) is 2.90. The highest BCUT2D eigenvalue weighted by molar-refractivity contribution is 5.95. The zero-order valence-electron chi connectivity index (χ0n) is 11.7. The molecule has 2 rings (SSSR count). The third-order valence-electron chi connectivity index (χ3n) is 3.26. The Bertz CT molecular complexity index is 618. The van der Waals surface area contributed by atoms with Crippen LogP contribution in [0, 0.1) is 6.92 Å². The summed E-state index contributed by atoms with van der Waals surface area (Å²) in [6.07, 6.45) is 1.78. The molecule has 0 spiro atoms. The number of rotatable bonds is 6. The van der Waals surface area contributed by atoms with Crippen LogP contribution in [0.3, 0.4) is 0 Å². The quantitative estimate of drug-likeness (QED) is 0.856. The van der Waals surface area contributed by atoms with Crippen LogP contribution in [0.25, 0.3) is 0 Å². The van der Waals surface area contributed by atoms with Crippen molar-refractivity contribution in [2.24, 2.45) is 0 Å². The number of hydrogen-bond acceptors (Lipinski definition) is 3. The topological polar surface area (TPSA) is 79.5 Å². The third kappa shape index (κ3) is 3.95. The number of furan rings is 1. The zero-order chi connectivity index (χ0) is 15.2. The Morgan fingerprint density at radius 3 is 2.52 bits per heavy atom. The van der Waals surface area contributed by atoms with E-state index >= 15 is 0 Å². The summed E-state index contributed by atoms with van der Waals surface area (Å²) in [6.45, 7) is 1.71. The van der Waals surface area contributed by atoms with Gasteiger partial charge in [0, 0.05) is 6.42 Å². The van der Waals surface area contributed by atoms with E-state index in [1.54, 1.807) is 13.0 Å². The number of benzene rings is 1. The molecule has 5 heteroatoms. The van der Waals surface area contributed by atoms with Crippen molar-refractivity contribution in [2.75, 3.05) is 0 Å². The molecule has 0 bridgehead atoms. The lowest BCUT2D eigenvalue weighted by Gasteiger charge is -2.18. The van der Waals surface area contributed by atoms with Crippen molar-refractivity contribution in [2.45, 2.75) is 25.8 Å². The summed E-state index contributed by atoms with van der Waals surface area (Å²) >= 11 is 0. The van der Waals surface area contributed by atoms with Gasteiger partial charge in [0.2, 0.25) is 0 Å². The minimum atomic E-state index is -0.885. The predicted molar refractivity (Wildman–Crippen MR) is 77.0 cm³/mol. The molecule has 1 unspecified atom stereocenters. The molecule has 1 aromatic heterocycles. The molecule has 0 saturated carbocycles. The van der Waals surface area contributed by atoms with Crippen molar-refractivity contribution in [3.8, 4) is 0 Å². The standard InChI is InChI=1S/C16H17NO4/c1-11-13(9-10-21-11)16(20)17-14(7-8-15(18)19)12-5-3-2-4-6-12/h2-6,9-10,14H,7-8H2,1H3,(H,17,20)(H,18,19). The molecule has 0 radical (unpaired) electrons. The van der Waals surface area contributed by atoms with Gasteiger partial charge < -0.3 is 14.8 Å². The second kappa shape index (κ2) is 6.74. The van der Waals surface area contributed by atoms with E-state index in [4.69, 9.17) is 9.52 Å². The number of carboxylic acid groups (broad SMARTS) is 1. The van der Waals surface area contributed by atoms with Crippen molar-refractivity contribution in [1.82, 2.24) is 5.32 Å². The Morgan fingerprint density at radius 1 is 1.24 bits per heavy atom. The molecule has 2 aromatic rings. The van der Waals surface area contributed by atoms with Gasteiger partial charge in [-0.15, -0.1) is 0 Å². The minimum absolute atomic E-state index is 0.00971. The first kappa shape index (κ1) is 14.8. The summed E-state index contributed by atoms with van der Waals surface area (Å²) in [5.74, 6) is -0.609. The fourth-order valence-electron chi connectivity index (χ4n) is 2.13. The molecular formula is C16H17NO4. The van der Waals surface area contributed by atoms with E-state index in [1.165, 1.54) is 6.26 Å². The highest BCUT2D eigenvalue weighted by atomic mass is 16.4. The zero-order valence-corrected chi connectivity index (χ0v) is 11.7. The molecule has 1 aromatic carbocycles. The van der Waals surface area contributed by atoms with Crippen molar-refractivity contribution < 1.29 is 19.1 Å². The molecule has 0 fully saturated rings. The van der Waals surface area contributed by atoms with Crippen LogP contribution in [0.5, 0.6) is 0 Å². The highest BCUT2D eigenvalue weighted by Crippen LogP contribution is 2.20.